The largest absolute Gasteiger partial charge is 0.366 e. The van der Waals surface area contributed by atoms with Crippen LogP contribution in [0, 0.1) is 12.7 Å². The number of aryl methyl sites for hydroxylation is 1. The third-order valence-corrected chi connectivity index (χ3v) is 2.30. The molecule has 1 heterocycles. The number of H-pyrrole nitrogens is 1. The highest BCUT2D eigenvalue weighted by Crippen LogP contribution is 2.16. The molecule has 19 heavy (non-hydrogen) atoms. The van der Waals surface area contributed by atoms with Crippen molar-refractivity contribution < 1.29 is 14.0 Å². The molecule has 1 aromatic heterocycles. The van der Waals surface area contributed by atoms with E-state index in [1.165, 1.54) is 6.07 Å². The van der Waals surface area contributed by atoms with Crippen LogP contribution in [0.15, 0.2) is 18.2 Å². The summed E-state index contributed by atoms with van der Waals surface area (Å²) in [5, 5.41) is 8.39. The quantitative estimate of drug-likeness (QED) is 0.752. The van der Waals surface area contributed by atoms with Gasteiger partial charge in [0.25, 0.3) is 5.91 Å². The van der Waals surface area contributed by atoms with Crippen molar-refractivity contribution >= 4 is 17.5 Å². The number of nitrogens with one attached hydrogen (secondary N) is 2. The zero-order chi connectivity index (χ0) is 14.0. The molecule has 2 rings (SSSR count). The van der Waals surface area contributed by atoms with Gasteiger partial charge in [-0.05, 0) is 25.1 Å². The van der Waals surface area contributed by atoms with Gasteiger partial charge < -0.3 is 11.1 Å². The van der Waals surface area contributed by atoms with Gasteiger partial charge in [-0.15, -0.1) is 5.10 Å². The number of amides is 2. The van der Waals surface area contributed by atoms with E-state index < -0.39 is 17.6 Å². The van der Waals surface area contributed by atoms with Crippen molar-refractivity contribution in [3.63, 3.8) is 0 Å². The third kappa shape index (κ3) is 2.73. The minimum absolute atomic E-state index is 0.0860. The minimum atomic E-state index is -0.718. The van der Waals surface area contributed by atoms with E-state index in [-0.39, 0.29) is 17.1 Å². The number of carbonyl (C=O) groups is 2. The molecule has 8 heteroatoms. The molecule has 0 atom stereocenters. The lowest BCUT2D eigenvalue weighted by Gasteiger charge is -2.05. The topological polar surface area (TPSA) is 114 Å². The molecule has 0 bridgehead atoms. The number of aromatic nitrogens is 3. The Labute approximate surface area is 107 Å². The summed E-state index contributed by atoms with van der Waals surface area (Å²) >= 11 is 0. The van der Waals surface area contributed by atoms with Crippen LogP contribution < -0.4 is 11.1 Å². The first kappa shape index (κ1) is 12.7. The van der Waals surface area contributed by atoms with Crippen molar-refractivity contribution in [2.75, 3.05) is 5.32 Å². The molecule has 0 radical (unpaired) electrons. The van der Waals surface area contributed by atoms with Gasteiger partial charge in [-0.25, -0.2) is 9.37 Å². The van der Waals surface area contributed by atoms with Crippen molar-refractivity contribution in [2.24, 2.45) is 5.73 Å². The first-order chi connectivity index (χ1) is 8.97. The van der Waals surface area contributed by atoms with E-state index in [4.69, 9.17) is 5.73 Å². The van der Waals surface area contributed by atoms with Crippen LogP contribution in [0.3, 0.4) is 0 Å². The van der Waals surface area contributed by atoms with Crippen LogP contribution in [0.25, 0.3) is 0 Å². The Morgan fingerprint density at radius 3 is 2.74 bits per heavy atom. The van der Waals surface area contributed by atoms with E-state index in [1.54, 1.807) is 6.92 Å². The van der Waals surface area contributed by atoms with Gasteiger partial charge in [-0.2, -0.15) is 0 Å². The van der Waals surface area contributed by atoms with Crippen LogP contribution in [0.1, 0.15) is 26.8 Å². The van der Waals surface area contributed by atoms with Gasteiger partial charge in [0.1, 0.15) is 11.6 Å². The first-order valence-corrected chi connectivity index (χ1v) is 5.27. The van der Waals surface area contributed by atoms with Gasteiger partial charge in [-0.1, -0.05) is 0 Å². The number of benzene rings is 1. The molecule has 0 aliphatic rings. The van der Waals surface area contributed by atoms with Crippen molar-refractivity contribution in [1.29, 1.82) is 0 Å². The molecule has 0 fully saturated rings. The number of carbonyl (C=O) groups excluding carboxylic acids is 2. The van der Waals surface area contributed by atoms with Crippen LogP contribution in [0.5, 0.6) is 0 Å². The fraction of sp³-hybridized carbons (Fsp3) is 0.0909. The highest BCUT2D eigenvalue weighted by Gasteiger charge is 2.14. The molecule has 0 saturated carbocycles. The number of rotatable bonds is 3. The summed E-state index contributed by atoms with van der Waals surface area (Å²) in [5.41, 5.74) is 5.00. The van der Waals surface area contributed by atoms with Crippen LogP contribution >= 0.6 is 0 Å². The lowest BCUT2D eigenvalue weighted by Crippen LogP contribution is -2.16. The fourth-order valence-electron chi connectivity index (χ4n) is 1.40. The van der Waals surface area contributed by atoms with Crippen LogP contribution in [-0.2, 0) is 0 Å². The highest BCUT2D eigenvalue weighted by atomic mass is 19.1. The summed E-state index contributed by atoms with van der Waals surface area (Å²) in [6.45, 7) is 1.62. The van der Waals surface area contributed by atoms with E-state index in [0.717, 1.165) is 12.1 Å². The van der Waals surface area contributed by atoms with E-state index >= 15 is 0 Å². The Morgan fingerprint density at radius 1 is 1.42 bits per heavy atom. The summed E-state index contributed by atoms with van der Waals surface area (Å²) in [6.07, 6.45) is 0. The second-order valence-corrected chi connectivity index (χ2v) is 3.76. The molecule has 7 nitrogen and oxygen atoms in total. The van der Waals surface area contributed by atoms with Gasteiger partial charge >= 0.3 is 0 Å². The van der Waals surface area contributed by atoms with E-state index in [1.807, 2.05) is 0 Å². The summed E-state index contributed by atoms with van der Waals surface area (Å²) < 4.78 is 13.5. The zero-order valence-corrected chi connectivity index (χ0v) is 9.90. The lowest BCUT2D eigenvalue weighted by molar-refractivity contribution is 0.0994. The minimum Gasteiger partial charge on any atom is -0.366 e. The molecule has 2 aromatic rings. The molecular formula is C11H10FN5O2. The molecule has 0 unspecified atom stereocenters. The van der Waals surface area contributed by atoms with Crippen molar-refractivity contribution in [2.45, 2.75) is 6.92 Å². The Morgan fingerprint density at radius 2 is 2.16 bits per heavy atom. The van der Waals surface area contributed by atoms with E-state index in [0.29, 0.717) is 5.82 Å². The fourth-order valence-corrected chi connectivity index (χ4v) is 1.40. The first-order valence-electron chi connectivity index (χ1n) is 5.27. The van der Waals surface area contributed by atoms with Gasteiger partial charge in [0, 0.05) is 5.56 Å². The maximum absolute atomic E-state index is 13.5. The predicted molar refractivity (Wildman–Crippen MR) is 64.0 cm³/mol. The number of aromatic amines is 1. The maximum atomic E-state index is 13.5. The molecule has 0 saturated heterocycles. The molecule has 2 amide bonds. The lowest BCUT2D eigenvalue weighted by atomic mass is 10.2. The average Bonchev–Trinajstić information content (AvgIpc) is 2.78. The van der Waals surface area contributed by atoms with Crippen molar-refractivity contribution in [1.82, 2.24) is 15.2 Å². The van der Waals surface area contributed by atoms with Crippen LogP contribution in [0.4, 0.5) is 10.1 Å². The van der Waals surface area contributed by atoms with Gasteiger partial charge in [0.15, 0.2) is 0 Å². The Bertz CT molecular complexity index is 652. The summed E-state index contributed by atoms with van der Waals surface area (Å²) in [4.78, 5) is 26.5. The number of anilines is 1. The van der Waals surface area contributed by atoms with E-state index in [9.17, 15) is 14.0 Å². The highest BCUT2D eigenvalue weighted by molar-refractivity contribution is 6.02. The van der Waals surface area contributed by atoms with Gasteiger partial charge in [-0.3, -0.25) is 14.7 Å². The standard InChI is InChI=1S/C11H10FN5O2/c1-5-14-10(17-16-5)11(19)15-8-4-6(9(13)18)2-3-7(8)12/h2-4H,1H3,(H2,13,18)(H,15,19)(H,14,16,17). The number of primary amides is 1. The molecular weight excluding hydrogens is 253 g/mol. The van der Waals surface area contributed by atoms with Crippen molar-refractivity contribution in [3.8, 4) is 0 Å². The third-order valence-electron chi connectivity index (χ3n) is 2.30. The average molecular weight is 263 g/mol. The maximum Gasteiger partial charge on any atom is 0.295 e. The molecule has 0 aliphatic carbocycles. The number of hydrogen-bond donors (Lipinski definition) is 3. The van der Waals surface area contributed by atoms with Crippen LogP contribution in [0.2, 0.25) is 0 Å². The van der Waals surface area contributed by atoms with Crippen LogP contribution in [-0.4, -0.2) is 27.0 Å². The summed E-state index contributed by atoms with van der Waals surface area (Å²) in [5.74, 6) is -1.77. The number of nitrogens with zero attached hydrogens (tertiary/aromatic N) is 2. The number of nitrogens with two attached hydrogens (primary N) is 1. The second-order valence-electron chi connectivity index (χ2n) is 3.76. The molecule has 4 N–H and O–H groups in total. The van der Waals surface area contributed by atoms with Gasteiger partial charge in [0.2, 0.25) is 11.7 Å². The molecule has 0 aliphatic heterocycles. The second kappa shape index (κ2) is 4.84. The molecule has 1 aromatic carbocycles. The van der Waals surface area contributed by atoms with Crippen molar-refractivity contribution in [3.05, 3.63) is 41.2 Å². The normalized spacial score (nSPS) is 10.2. The van der Waals surface area contributed by atoms with E-state index in [2.05, 4.69) is 20.5 Å². The molecule has 0 spiro atoms. The number of hydrogen-bond acceptors (Lipinski definition) is 4. The monoisotopic (exact) mass is 263 g/mol. The Kier molecular flexibility index (Phi) is 3.23. The Hall–Kier alpha value is -2.77. The molecule has 98 valence electrons. The Balaban J connectivity index is 2.25. The zero-order valence-electron chi connectivity index (χ0n) is 9.90. The predicted octanol–water partition coefficient (Wildman–Crippen LogP) is 0.603. The SMILES string of the molecule is Cc1nc(C(=O)Nc2cc(C(N)=O)ccc2F)n[nH]1. The van der Waals surface area contributed by atoms with Gasteiger partial charge in [0.05, 0.1) is 5.69 Å². The number of halogens is 1. The summed E-state index contributed by atoms with van der Waals surface area (Å²) in [7, 11) is 0. The smallest absolute Gasteiger partial charge is 0.295 e. The summed E-state index contributed by atoms with van der Waals surface area (Å²) in [6, 6.07) is 3.41.